The summed E-state index contributed by atoms with van der Waals surface area (Å²) in [5, 5.41) is 11.4. The van der Waals surface area contributed by atoms with Crippen molar-refractivity contribution in [2.45, 2.75) is 29.9 Å². The number of hydrogen-bond acceptors (Lipinski definition) is 4. The zero-order valence-corrected chi connectivity index (χ0v) is 12.9. The summed E-state index contributed by atoms with van der Waals surface area (Å²) in [4.78, 5) is 27.0. The van der Waals surface area contributed by atoms with Crippen LogP contribution < -0.4 is 5.32 Å². The number of hydrogen-bond donors (Lipinski definition) is 2. The Kier molecular flexibility index (Phi) is 5.64. The molecule has 1 heterocycles. The highest BCUT2D eigenvalue weighted by atomic mass is 32.2. The lowest BCUT2D eigenvalue weighted by Crippen LogP contribution is -2.39. The van der Waals surface area contributed by atoms with Gasteiger partial charge in [-0.15, -0.1) is 11.8 Å². The molecule has 2 rings (SSSR count). The highest BCUT2D eigenvalue weighted by molar-refractivity contribution is 8.01. The maximum Gasteiger partial charge on any atom is 0.238 e. The topological polar surface area (TPSA) is 69.6 Å². The van der Waals surface area contributed by atoms with E-state index in [1.165, 1.54) is 11.8 Å². The van der Waals surface area contributed by atoms with Gasteiger partial charge in [0, 0.05) is 24.4 Å². The van der Waals surface area contributed by atoms with E-state index < -0.39 is 5.25 Å². The second-order valence-corrected chi connectivity index (χ2v) is 6.14. The van der Waals surface area contributed by atoms with E-state index in [1.807, 2.05) is 31.2 Å². The number of rotatable bonds is 6. The van der Waals surface area contributed by atoms with Gasteiger partial charge in [0.1, 0.15) is 0 Å². The molecular formula is C15H20N2O3S. The van der Waals surface area contributed by atoms with Gasteiger partial charge in [0.2, 0.25) is 11.8 Å². The Morgan fingerprint density at radius 2 is 2.14 bits per heavy atom. The van der Waals surface area contributed by atoms with E-state index in [2.05, 4.69) is 5.32 Å². The maximum atomic E-state index is 12.3. The van der Waals surface area contributed by atoms with Gasteiger partial charge in [-0.2, -0.15) is 0 Å². The number of aliphatic hydroxyl groups is 1. The molecule has 0 aliphatic carbocycles. The fourth-order valence-electron chi connectivity index (χ4n) is 2.27. The van der Waals surface area contributed by atoms with Crippen LogP contribution in [0.5, 0.6) is 0 Å². The summed E-state index contributed by atoms with van der Waals surface area (Å²) in [7, 11) is 0. The van der Waals surface area contributed by atoms with E-state index >= 15 is 0 Å². The fraction of sp³-hybridized carbons (Fsp3) is 0.467. The lowest BCUT2D eigenvalue weighted by molar-refractivity contribution is -0.133. The molecule has 1 aliphatic rings. The number of thioether (sulfide) groups is 1. The average Bonchev–Trinajstić information content (AvgIpc) is 2.47. The smallest absolute Gasteiger partial charge is 0.238 e. The number of fused-ring (bicyclic) bond motifs is 1. The molecule has 2 N–H and O–H groups in total. The van der Waals surface area contributed by atoms with Gasteiger partial charge in [0.25, 0.3) is 0 Å². The van der Waals surface area contributed by atoms with E-state index in [1.54, 1.807) is 4.90 Å². The van der Waals surface area contributed by atoms with Crippen molar-refractivity contribution in [3.05, 3.63) is 24.3 Å². The third-order valence-corrected chi connectivity index (χ3v) is 4.56. The molecule has 1 aliphatic heterocycles. The number of nitrogens with zero attached hydrogens (tertiary/aromatic N) is 1. The molecule has 0 radical (unpaired) electrons. The van der Waals surface area contributed by atoms with Crippen LogP contribution in [-0.2, 0) is 9.59 Å². The van der Waals surface area contributed by atoms with Crippen LogP contribution in [0.4, 0.5) is 5.69 Å². The lowest BCUT2D eigenvalue weighted by Gasteiger charge is -2.26. The number of carbonyl (C=O) groups excluding carboxylic acids is 2. The second kappa shape index (κ2) is 7.47. The summed E-state index contributed by atoms with van der Waals surface area (Å²) in [5.74, 6) is -0.217. The standard InChI is InChI=1S/C15H20N2O3S/c1-2-7-17(8-9-18)14(19)10-13-15(20)16-11-5-3-4-6-12(11)21-13/h3-6,13,18H,2,7-10H2,1H3,(H,16,20)/t13-/m0/s1. The summed E-state index contributed by atoms with van der Waals surface area (Å²) in [6.45, 7) is 2.85. The number of para-hydroxylation sites is 1. The minimum atomic E-state index is -0.412. The van der Waals surface area contributed by atoms with Crippen LogP contribution in [0, 0.1) is 0 Å². The van der Waals surface area contributed by atoms with Gasteiger partial charge in [-0.3, -0.25) is 9.59 Å². The third kappa shape index (κ3) is 3.98. The molecule has 114 valence electrons. The van der Waals surface area contributed by atoms with Crippen molar-refractivity contribution in [3.8, 4) is 0 Å². The van der Waals surface area contributed by atoms with Crippen molar-refractivity contribution in [2.75, 3.05) is 25.0 Å². The van der Waals surface area contributed by atoms with E-state index in [0.717, 1.165) is 17.0 Å². The zero-order chi connectivity index (χ0) is 15.2. The minimum Gasteiger partial charge on any atom is -0.395 e. The molecule has 0 unspecified atom stereocenters. The van der Waals surface area contributed by atoms with Crippen molar-refractivity contribution in [3.63, 3.8) is 0 Å². The van der Waals surface area contributed by atoms with Crippen LogP contribution in [-0.4, -0.2) is 46.8 Å². The number of anilines is 1. The van der Waals surface area contributed by atoms with Gasteiger partial charge < -0.3 is 15.3 Å². The highest BCUT2D eigenvalue weighted by Gasteiger charge is 2.30. The molecule has 0 aromatic heterocycles. The molecule has 2 amide bonds. The quantitative estimate of drug-likeness (QED) is 0.839. The molecule has 1 aromatic carbocycles. The molecule has 0 saturated heterocycles. The number of aliphatic hydroxyl groups excluding tert-OH is 1. The van der Waals surface area contributed by atoms with Crippen LogP contribution in [0.3, 0.4) is 0 Å². The first-order valence-corrected chi connectivity index (χ1v) is 7.98. The minimum absolute atomic E-state index is 0.0570. The summed E-state index contributed by atoms with van der Waals surface area (Å²) >= 11 is 1.42. The fourth-order valence-corrected chi connectivity index (χ4v) is 3.37. The third-order valence-electron chi connectivity index (χ3n) is 3.28. The van der Waals surface area contributed by atoms with E-state index in [0.29, 0.717) is 13.1 Å². The SMILES string of the molecule is CCCN(CCO)C(=O)C[C@@H]1Sc2ccccc2NC1=O. The Bertz CT molecular complexity index is 515. The summed E-state index contributed by atoms with van der Waals surface area (Å²) in [6, 6.07) is 7.58. The second-order valence-electron chi connectivity index (χ2n) is 4.90. The van der Waals surface area contributed by atoms with Gasteiger partial charge >= 0.3 is 0 Å². The molecule has 5 nitrogen and oxygen atoms in total. The monoisotopic (exact) mass is 308 g/mol. The molecule has 0 fully saturated rings. The van der Waals surface area contributed by atoms with Crippen molar-refractivity contribution < 1.29 is 14.7 Å². The van der Waals surface area contributed by atoms with Crippen LogP contribution >= 0.6 is 11.8 Å². The van der Waals surface area contributed by atoms with Gasteiger partial charge in [0.05, 0.1) is 17.5 Å². The maximum absolute atomic E-state index is 12.3. The predicted octanol–water partition coefficient (Wildman–Crippen LogP) is 1.72. The highest BCUT2D eigenvalue weighted by Crippen LogP contribution is 2.36. The zero-order valence-electron chi connectivity index (χ0n) is 12.0. The van der Waals surface area contributed by atoms with Crippen molar-refractivity contribution in [1.82, 2.24) is 4.90 Å². The van der Waals surface area contributed by atoms with Crippen LogP contribution in [0.1, 0.15) is 19.8 Å². The van der Waals surface area contributed by atoms with Crippen LogP contribution in [0.15, 0.2) is 29.2 Å². The first-order chi connectivity index (χ1) is 10.2. The Labute approximate surface area is 128 Å². The Morgan fingerprint density at radius 3 is 2.86 bits per heavy atom. The normalized spacial score (nSPS) is 17.0. The van der Waals surface area contributed by atoms with Gasteiger partial charge in [-0.1, -0.05) is 19.1 Å². The molecule has 21 heavy (non-hydrogen) atoms. The molecule has 0 bridgehead atoms. The van der Waals surface area contributed by atoms with Crippen LogP contribution in [0.25, 0.3) is 0 Å². The van der Waals surface area contributed by atoms with E-state index in [9.17, 15) is 9.59 Å². The van der Waals surface area contributed by atoms with Crippen molar-refractivity contribution >= 4 is 29.3 Å². The van der Waals surface area contributed by atoms with Gasteiger partial charge in [-0.05, 0) is 18.6 Å². The Hall–Kier alpha value is -1.53. The van der Waals surface area contributed by atoms with Gasteiger partial charge in [0.15, 0.2) is 0 Å². The van der Waals surface area contributed by atoms with E-state index in [4.69, 9.17) is 5.11 Å². The molecule has 0 saturated carbocycles. The molecular weight excluding hydrogens is 288 g/mol. The average molecular weight is 308 g/mol. The summed E-state index contributed by atoms with van der Waals surface area (Å²) in [5.41, 5.74) is 0.803. The first kappa shape index (κ1) is 15.9. The first-order valence-electron chi connectivity index (χ1n) is 7.11. The van der Waals surface area contributed by atoms with Gasteiger partial charge in [-0.25, -0.2) is 0 Å². The number of nitrogens with one attached hydrogen (secondary N) is 1. The largest absolute Gasteiger partial charge is 0.395 e. The Balaban J connectivity index is 2.02. The molecule has 6 heteroatoms. The summed E-state index contributed by atoms with van der Waals surface area (Å²) in [6.07, 6.45) is 0.989. The molecule has 0 spiro atoms. The van der Waals surface area contributed by atoms with Crippen LogP contribution in [0.2, 0.25) is 0 Å². The lowest BCUT2D eigenvalue weighted by atomic mass is 10.2. The number of benzene rings is 1. The molecule has 1 atom stereocenters. The molecule has 1 aromatic rings. The van der Waals surface area contributed by atoms with E-state index in [-0.39, 0.29) is 24.8 Å². The summed E-state index contributed by atoms with van der Waals surface area (Å²) < 4.78 is 0. The van der Waals surface area contributed by atoms with Crippen molar-refractivity contribution in [2.24, 2.45) is 0 Å². The number of carbonyl (C=O) groups is 2. The number of amides is 2. The van der Waals surface area contributed by atoms with Crippen molar-refractivity contribution in [1.29, 1.82) is 0 Å². The Morgan fingerprint density at radius 1 is 1.38 bits per heavy atom. The predicted molar refractivity (Wildman–Crippen MR) is 83.3 cm³/mol.